The van der Waals surface area contributed by atoms with Crippen molar-refractivity contribution in [3.05, 3.63) is 40.9 Å². The first-order valence-corrected chi connectivity index (χ1v) is 7.43. The van der Waals surface area contributed by atoms with Crippen molar-refractivity contribution in [2.45, 2.75) is 45.7 Å². The van der Waals surface area contributed by atoms with Crippen LogP contribution in [0.3, 0.4) is 0 Å². The lowest BCUT2D eigenvalue weighted by atomic mass is 10.1. The Morgan fingerprint density at radius 3 is 2.85 bits per heavy atom. The van der Waals surface area contributed by atoms with Crippen LogP contribution in [0.4, 0.5) is 0 Å². The van der Waals surface area contributed by atoms with Crippen molar-refractivity contribution >= 4 is 10.9 Å². The maximum absolute atomic E-state index is 12.3. The largest absolute Gasteiger partial charge is 0.314 e. The summed E-state index contributed by atoms with van der Waals surface area (Å²) in [5.74, 6) is 0. The monoisotopic (exact) mass is 273 g/mol. The fourth-order valence-corrected chi connectivity index (χ4v) is 2.51. The first kappa shape index (κ1) is 14.7. The third-order valence-electron chi connectivity index (χ3n) is 3.67. The van der Waals surface area contributed by atoms with Gasteiger partial charge in [0.25, 0.3) is 5.56 Å². The normalized spacial score (nSPS) is 12.7. The third kappa shape index (κ3) is 3.45. The number of hydrogen-bond donors (Lipinski definition) is 1. The summed E-state index contributed by atoms with van der Waals surface area (Å²) in [7, 11) is 0. The van der Waals surface area contributed by atoms with Crippen molar-refractivity contribution in [2.24, 2.45) is 0 Å². The van der Waals surface area contributed by atoms with Crippen LogP contribution in [0.2, 0.25) is 0 Å². The molecule has 1 N–H and O–H groups in total. The van der Waals surface area contributed by atoms with E-state index in [1.807, 2.05) is 24.3 Å². The zero-order chi connectivity index (χ0) is 14.4. The Bertz CT molecular complexity index is 606. The molecule has 4 heteroatoms. The summed E-state index contributed by atoms with van der Waals surface area (Å²) in [5, 5.41) is 4.16. The standard InChI is InChI=1S/C16H23N3O/c1-3-13(17-4-2)8-7-11-19-12-18-15-10-6-5-9-14(15)16(19)20/h5-6,9-10,12-13,17H,3-4,7-8,11H2,1-2H3. The summed E-state index contributed by atoms with van der Waals surface area (Å²) in [5.41, 5.74) is 0.833. The average molecular weight is 273 g/mol. The molecular weight excluding hydrogens is 250 g/mol. The van der Waals surface area contributed by atoms with Gasteiger partial charge < -0.3 is 5.32 Å². The first-order chi connectivity index (χ1) is 9.76. The lowest BCUT2D eigenvalue weighted by Crippen LogP contribution is -2.29. The number of benzene rings is 1. The van der Waals surface area contributed by atoms with Crippen LogP contribution >= 0.6 is 0 Å². The summed E-state index contributed by atoms with van der Waals surface area (Å²) in [6.45, 7) is 6.05. The molecule has 0 aliphatic rings. The molecule has 0 fully saturated rings. The molecule has 4 nitrogen and oxygen atoms in total. The van der Waals surface area contributed by atoms with Crippen molar-refractivity contribution in [3.8, 4) is 0 Å². The van der Waals surface area contributed by atoms with Gasteiger partial charge in [0.2, 0.25) is 0 Å². The second kappa shape index (κ2) is 7.20. The number of fused-ring (bicyclic) bond motifs is 1. The van der Waals surface area contributed by atoms with Crippen molar-refractivity contribution in [2.75, 3.05) is 6.54 Å². The number of aromatic nitrogens is 2. The fourth-order valence-electron chi connectivity index (χ4n) is 2.51. The number of hydrogen-bond acceptors (Lipinski definition) is 3. The van der Waals surface area contributed by atoms with Gasteiger partial charge >= 0.3 is 0 Å². The van der Waals surface area contributed by atoms with E-state index >= 15 is 0 Å². The Morgan fingerprint density at radius 2 is 2.10 bits per heavy atom. The van der Waals surface area contributed by atoms with Gasteiger partial charge in [-0.15, -0.1) is 0 Å². The second-order valence-corrected chi connectivity index (χ2v) is 5.07. The highest BCUT2D eigenvalue weighted by Gasteiger charge is 2.06. The van der Waals surface area contributed by atoms with Gasteiger partial charge in [-0.1, -0.05) is 26.0 Å². The van der Waals surface area contributed by atoms with E-state index in [-0.39, 0.29) is 5.56 Å². The van der Waals surface area contributed by atoms with Crippen LogP contribution < -0.4 is 10.9 Å². The van der Waals surface area contributed by atoms with E-state index in [2.05, 4.69) is 24.1 Å². The third-order valence-corrected chi connectivity index (χ3v) is 3.67. The highest BCUT2D eigenvalue weighted by atomic mass is 16.1. The fraction of sp³-hybridized carbons (Fsp3) is 0.500. The van der Waals surface area contributed by atoms with E-state index in [1.165, 1.54) is 0 Å². The molecule has 2 rings (SSSR count). The molecule has 0 aliphatic heterocycles. The molecule has 1 aromatic heterocycles. The molecule has 1 unspecified atom stereocenters. The van der Waals surface area contributed by atoms with Gasteiger partial charge in [0.05, 0.1) is 17.2 Å². The SMILES string of the molecule is CCNC(CC)CCCn1cnc2ccccc2c1=O. The quantitative estimate of drug-likeness (QED) is 0.843. The summed E-state index contributed by atoms with van der Waals surface area (Å²) < 4.78 is 1.72. The van der Waals surface area contributed by atoms with Crippen molar-refractivity contribution in [1.29, 1.82) is 0 Å². The molecule has 0 spiro atoms. The minimum Gasteiger partial charge on any atom is -0.314 e. The van der Waals surface area contributed by atoms with Crippen LogP contribution in [0.25, 0.3) is 10.9 Å². The Morgan fingerprint density at radius 1 is 1.30 bits per heavy atom. The van der Waals surface area contributed by atoms with Crippen molar-refractivity contribution in [1.82, 2.24) is 14.9 Å². The number of para-hydroxylation sites is 1. The molecule has 0 saturated heterocycles. The molecule has 108 valence electrons. The minimum atomic E-state index is 0.0621. The molecule has 0 aliphatic carbocycles. The van der Waals surface area contributed by atoms with Gasteiger partial charge in [0.1, 0.15) is 0 Å². The smallest absolute Gasteiger partial charge is 0.261 e. The van der Waals surface area contributed by atoms with Gasteiger partial charge in [-0.05, 0) is 37.9 Å². The molecule has 1 atom stereocenters. The molecule has 0 radical (unpaired) electrons. The zero-order valence-corrected chi connectivity index (χ0v) is 12.3. The Labute approximate surface area is 119 Å². The molecule has 2 aromatic rings. The van der Waals surface area contributed by atoms with E-state index in [0.29, 0.717) is 11.4 Å². The first-order valence-electron chi connectivity index (χ1n) is 7.43. The number of aryl methyl sites for hydroxylation is 1. The predicted molar refractivity (Wildman–Crippen MR) is 83.0 cm³/mol. The Balaban J connectivity index is 2.03. The van der Waals surface area contributed by atoms with E-state index in [9.17, 15) is 4.79 Å². The maximum Gasteiger partial charge on any atom is 0.261 e. The summed E-state index contributed by atoms with van der Waals surface area (Å²) in [4.78, 5) is 16.7. The van der Waals surface area contributed by atoms with Crippen LogP contribution in [-0.2, 0) is 6.54 Å². The predicted octanol–water partition coefficient (Wildman–Crippen LogP) is 2.56. The Kier molecular flexibility index (Phi) is 5.30. The molecule has 0 bridgehead atoms. The minimum absolute atomic E-state index is 0.0621. The molecule has 1 heterocycles. The van der Waals surface area contributed by atoms with Gasteiger partial charge in [0.15, 0.2) is 0 Å². The van der Waals surface area contributed by atoms with Crippen LogP contribution in [0.15, 0.2) is 35.4 Å². The van der Waals surface area contributed by atoms with Crippen LogP contribution in [0.1, 0.15) is 33.1 Å². The van der Waals surface area contributed by atoms with Crippen LogP contribution in [-0.4, -0.2) is 22.1 Å². The highest BCUT2D eigenvalue weighted by Crippen LogP contribution is 2.06. The molecule has 1 aromatic carbocycles. The number of nitrogens with zero attached hydrogens (tertiary/aromatic N) is 2. The number of nitrogens with one attached hydrogen (secondary N) is 1. The lowest BCUT2D eigenvalue weighted by Gasteiger charge is -2.15. The van der Waals surface area contributed by atoms with E-state index < -0.39 is 0 Å². The Hall–Kier alpha value is -1.68. The van der Waals surface area contributed by atoms with Crippen LogP contribution in [0, 0.1) is 0 Å². The van der Waals surface area contributed by atoms with Crippen LogP contribution in [0.5, 0.6) is 0 Å². The molecular formula is C16H23N3O. The van der Waals surface area contributed by atoms with Gasteiger partial charge in [-0.2, -0.15) is 0 Å². The second-order valence-electron chi connectivity index (χ2n) is 5.07. The highest BCUT2D eigenvalue weighted by molar-refractivity contribution is 5.76. The average Bonchev–Trinajstić information content (AvgIpc) is 2.49. The molecule has 0 amide bonds. The van der Waals surface area contributed by atoms with E-state index in [0.717, 1.165) is 37.9 Å². The maximum atomic E-state index is 12.3. The van der Waals surface area contributed by atoms with E-state index in [1.54, 1.807) is 10.9 Å². The number of rotatable bonds is 7. The lowest BCUT2D eigenvalue weighted by molar-refractivity contribution is 0.446. The van der Waals surface area contributed by atoms with Gasteiger partial charge in [-0.25, -0.2) is 4.98 Å². The van der Waals surface area contributed by atoms with E-state index in [4.69, 9.17) is 0 Å². The van der Waals surface area contributed by atoms with Gasteiger partial charge in [0, 0.05) is 12.6 Å². The molecule has 20 heavy (non-hydrogen) atoms. The summed E-state index contributed by atoms with van der Waals surface area (Å²) in [6, 6.07) is 8.05. The summed E-state index contributed by atoms with van der Waals surface area (Å²) in [6.07, 6.45) is 4.87. The van der Waals surface area contributed by atoms with Crippen molar-refractivity contribution in [3.63, 3.8) is 0 Å². The zero-order valence-electron chi connectivity index (χ0n) is 12.3. The molecule has 0 saturated carbocycles. The topological polar surface area (TPSA) is 46.9 Å². The summed E-state index contributed by atoms with van der Waals surface area (Å²) >= 11 is 0. The van der Waals surface area contributed by atoms with Gasteiger partial charge in [-0.3, -0.25) is 9.36 Å². The van der Waals surface area contributed by atoms with Crippen molar-refractivity contribution < 1.29 is 0 Å².